The predicted molar refractivity (Wildman–Crippen MR) is 107 cm³/mol. The summed E-state index contributed by atoms with van der Waals surface area (Å²) >= 11 is 0. The molecule has 0 fully saturated rings. The summed E-state index contributed by atoms with van der Waals surface area (Å²) in [4.78, 5) is 0.331. The van der Waals surface area contributed by atoms with Crippen LogP contribution in [0.4, 0.5) is 0 Å². The van der Waals surface area contributed by atoms with Crippen LogP contribution in [0.5, 0.6) is 5.75 Å². The highest BCUT2D eigenvalue weighted by molar-refractivity contribution is 7.89. The minimum absolute atomic E-state index is 0.181. The molecule has 0 aromatic heterocycles. The van der Waals surface area contributed by atoms with Gasteiger partial charge in [-0.1, -0.05) is 43.7 Å². The van der Waals surface area contributed by atoms with Crippen molar-refractivity contribution in [2.75, 3.05) is 13.7 Å². The minimum atomic E-state index is -3.54. The van der Waals surface area contributed by atoms with Gasteiger partial charge in [-0.25, -0.2) is 13.1 Å². The van der Waals surface area contributed by atoms with E-state index in [4.69, 9.17) is 4.74 Å². The van der Waals surface area contributed by atoms with Gasteiger partial charge in [0.2, 0.25) is 10.0 Å². The Balaban J connectivity index is 2.08. The molecule has 0 unspecified atom stereocenters. The Morgan fingerprint density at radius 3 is 2.46 bits per heavy atom. The lowest BCUT2D eigenvalue weighted by atomic mass is 10.0. The van der Waals surface area contributed by atoms with E-state index in [1.165, 1.54) is 11.1 Å². The van der Waals surface area contributed by atoms with Crippen molar-refractivity contribution in [3.05, 3.63) is 58.7 Å². The van der Waals surface area contributed by atoms with Crippen LogP contribution in [0.25, 0.3) is 0 Å². The van der Waals surface area contributed by atoms with E-state index in [1.54, 1.807) is 26.2 Å². The van der Waals surface area contributed by atoms with Crippen LogP contribution in [0, 0.1) is 13.8 Å². The Kier molecular flexibility index (Phi) is 6.84. The SMILES string of the molecule is COc1cc(C)c(S(=O)(=O)NCCCc2cccc(C)c2)cc1C(C)C. The second kappa shape index (κ2) is 8.69. The van der Waals surface area contributed by atoms with Crippen LogP contribution in [0.1, 0.15) is 48.4 Å². The van der Waals surface area contributed by atoms with Gasteiger partial charge in [0.05, 0.1) is 12.0 Å². The first kappa shape index (κ1) is 20.5. The van der Waals surface area contributed by atoms with E-state index in [1.807, 2.05) is 19.9 Å². The van der Waals surface area contributed by atoms with Crippen molar-refractivity contribution in [1.82, 2.24) is 4.72 Å². The molecule has 1 N–H and O–H groups in total. The van der Waals surface area contributed by atoms with Gasteiger partial charge < -0.3 is 4.74 Å². The van der Waals surface area contributed by atoms with Crippen LogP contribution >= 0.6 is 0 Å². The van der Waals surface area contributed by atoms with Gasteiger partial charge in [-0.05, 0) is 61.4 Å². The zero-order valence-electron chi connectivity index (χ0n) is 16.3. The van der Waals surface area contributed by atoms with Crippen LogP contribution in [0.2, 0.25) is 0 Å². The largest absolute Gasteiger partial charge is 0.496 e. The molecular formula is C21H29NO3S. The summed E-state index contributed by atoms with van der Waals surface area (Å²) in [6, 6.07) is 11.8. The molecule has 4 nitrogen and oxygen atoms in total. The molecule has 26 heavy (non-hydrogen) atoms. The number of sulfonamides is 1. The molecule has 0 bridgehead atoms. The lowest BCUT2D eigenvalue weighted by molar-refractivity contribution is 0.406. The quantitative estimate of drug-likeness (QED) is 0.698. The zero-order chi connectivity index (χ0) is 19.3. The summed E-state index contributed by atoms with van der Waals surface area (Å²) in [6.45, 7) is 8.33. The second-order valence-electron chi connectivity index (χ2n) is 7.00. The van der Waals surface area contributed by atoms with Crippen LogP contribution < -0.4 is 9.46 Å². The van der Waals surface area contributed by atoms with Crippen molar-refractivity contribution in [2.24, 2.45) is 0 Å². The fourth-order valence-electron chi connectivity index (χ4n) is 3.04. The molecule has 0 radical (unpaired) electrons. The van der Waals surface area contributed by atoms with Crippen LogP contribution in [0.15, 0.2) is 41.3 Å². The van der Waals surface area contributed by atoms with Gasteiger partial charge in [-0.3, -0.25) is 0 Å². The molecule has 0 atom stereocenters. The third-order valence-electron chi connectivity index (χ3n) is 4.46. The summed E-state index contributed by atoms with van der Waals surface area (Å²) in [5.41, 5.74) is 4.04. The number of nitrogens with one attached hydrogen (secondary N) is 1. The van der Waals surface area contributed by atoms with Crippen molar-refractivity contribution < 1.29 is 13.2 Å². The maximum Gasteiger partial charge on any atom is 0.240 e. The maximum absolute atomic E-state index is 12.7. The second-order valence-corrected chi connectivity index (χ2v) is 8.74. The Hall–Kier alpha value is -1.85. The van der Waals surface area contributed by atoms with Crippen LogP contribution in [-0.2, 0) is 16.4 Å². The normalized spacial score (nSPS) is 11.8. The molecule has 0 saturated heterocycles. The number of ether oxygens (including phenoxy) is 1. The smallest absolute Gasteiger partial charge is 0.240 e. The van der Waals surface area contributed by atoms with Gasteiger partial charge in [-0.15, -0.1) is 0 Å². The first-order valence-electron chi connectivity index (χ1n) is 8.98. The van der Waals surface area contributed by atoms with Gasteiger partial charge in [0.1, 0.15) is 5.75 Å². The van der Waals surface area contributed by atoms with Gasteiger partial charge in [-0.2, -0.15) is 0 Å². The van der Waals surface area contributed by atoms with E-state index in [-0.39, 0.29) is 5.92 Å². The number of hydrogen-bond acceptors (Lipinski definition) is 3. The van der Waals surface area contributed by atoms with Crippen molar-refractivity contribution in [2.45, 2.75) is 51.3 Å². The lowest BCUT2D eigenvalue weighted by Crippen LogP contribution is -2.26. The predicted octanol–water partition coefficient (Wildman–Crippen LogP) is 4.35. The Labute approximate surface area is 157 Å². The lowest BCUT2D eigenvalue weighted by Gasteiger charge is -2.16. The van der Waals surface area contributed by atoms with Gasteiger partial charge >= 0.3 is 0 Å². The molecule has 0 aliphatic carbocycles. The van der Waals surface area contributed by atoms with E-state index in [9.17, 15) is 8.42 Å². The van der Waals surface area contributed by atoms with Crippen LogP contribution in [-0.4, -0.2) is 22.1 Å². The summed E-state index contributed by atoms with van der Waals surface area (Å²) in [5, 5.41) is 0. The number of benzene rings is 2. The fraction of sp³-hybridized carbons (Fsp3) is 0.429. The molecule has 5 heteroatoms. The summed E-state index contributed by atoms with van der Waals surface area (Å²) in [5.74, 6) is 0.914. The van der Waals surface area contributed by atoms with E-state index in [0.717, 1.165) is 24.2 Å². The van der Waals surface area contributed by atoms with Crippen molar-refractivity contribution in [3.8, 4) is 5.75 Å². The summed E-state index contributed by atoms with van der Waals surface area (Å²) in [6.07, 6.45) is 1.61. The van der Waals surface area contributed by atoms with Crippen LogP contribution in [0.3, 0.4) is 0 Å². The molecule has 0 heterocycles. The van der Waals surface area contributed by atoms with Gasteiger partial charge in [0.25, 0.3) is 0 Å². The molecule has 0 amide bonds. The summed E-state index contributed by atoms with van der Waals surface area (Å²) < 4.78 is 33.6. The first-order chi connectivity index (χ1) is 12.2. The van der Waals surface area contributed by atoms with E-state index >= 15 is 0 Å². The average molecular weight is 376 g/mol. The fourth-order valence-corrected chi connectivity index (χ4v) is 4.37. The molecular weight excluding hydrogens is 346 g/mol. The highest BCUT2D eigenvalue weighted by atomic mass is 32.2. The topological polar surface area (TPSA) is 55.4 Å². The van der Waals surface area contributed by atoms with E-state index in [0.29, 0.717) is 17.0 Å². The van der Waals surface area contributed by atoms with Gasteiger partial charge in [0.15, 0.2) is 0 Å². The standard InChI is InChI=1S/C21H29NO3S/c1-15(2)19-14-21(17(4)13-20(19)25-5)26(23,24)22-11-7-10-18-9-6-8-16(3)12-18/h6,8-9,12-15,22H,7,10-11H2,1-5H3. The average Bonchev–Trinajstić information content (AvgIpc) is 2.58. The number of hydrogen-bond donors (Lipinski definition) is 1. The first-order valence-corrected chi connectivity index (χ1v) is 10.5. The monoisotopic (exact) mass is 375 g/mol. The highest BCUT2D eigenvalue weighted by Crippen LogP contribution is 2.31. The van der Waals surface area contributed by atoms with Crippen molar-refractivity contribution >= 4 is 10.0 Å². The highest BCUT2D eigenvalue weighted by Gasteiger charge is 2.20. The maximum atomic E-state index is 12.7. The molecule has 142 valence electrons. The van der Waals surface area contributed by atoms with Crippen molar-refractivity contribution in [1.29, 1.82) is 0 Å². The van der Waals surface area contributed by atoms with Crippen molar-refractivity contribution in [3.63, 3.8) is 0 Å². The zero-order valence-corrected chi connectivity index (χ0v) is 17.1. The van der Waals surface area contributed by atoms with E-state index in [2.05, 4.69) is 29.8 Å². The number of methoxy groups -OCH3 is 1. The summed E-state index contributed by atoms with van der Waals surface area (Å²) in [7, 11) is -1.93. The molecule has 0 aliphatic rings. The third-order valence-corrected chi connectivity index (χ3v) is 6.06. The third kappa shape index (κ3) is 5.08. The molecule has 0 aliphatic heterocycles. The number of rotatable bonds is 8. The molecule has 2 aromatic carbocycles. The molecule has 2 aromatic rings. The molecule has 0 spiro atoms. The molecule has 0 saturated carbocycles. The minimum Gasteiger partial charge on any atom is -0.496 e. The van der Waals surface area contributed by atoms with Gasteiger partial charge in [0, 0.05) is 6.54 Å². The Morgan fingerprint density at radius 2 is 1.85 bits per heavy atom. The number of aryl methyl sites for hydroxylation is 3. The molecule has 2 rings (SSSR count). The Bertz CT molecular complexity index is 858. The Morgan fingerprint density at radius 1 is 1.12 bits per heavy atom. The van der Waals surface area contributed by atoms with E-state index < -0.39 is 10.0 Å².